The molecule has 0 aliphatic carbocycles. The van der Waals surface area contributed by atoms with E-state index in [0.29, 0.717) is 31.3 Å². The molecule has 142 valence electrons. The molecule has 2 N–H and O–H groups in total. The fourth-order valence-corrected chi connectivity index (χ4v) is 3.28. The summed E-state index contributed by atoms with van der Waals surface area (Å²) in [5, 5.41) is 3.90. The van der Waals surface area contributed by atoms with Crippen LogP contribution in [0, 0.1) is 0 Å². The summed E-state index contributed by atoms with van der Waals surface area (Å²) in [6.45, 7) is 3.20. The zero-order valence-electron chi connectivity index (χ0n) is 14.0. The molecular weight excluding hydrogens is 399 g/mol. The summed E-state index contributed by atoms with van der Waals surface area (Å²) in [5.41, 5.74) is 3.03. The van der Waals surface area contributed by atoms with Gasteiger partial charge in [-0.3, -0.25) is 4.79 Å². The van der Waals surface area contributed by atoms with Crippen LogP contribution in [0.5, 0.6) is 0 Å². The van der Waals surface area contributed by atoms with E-state index in [9.17, 15) is 4.79 Å². The normalized spacial score (nSPS) is 19.1. The number of halogens is 3. The molecule has 0 saturated carbocycles. The molecule has 0 bridgehead atoms. The van der Waals surface area contributed by atoms with Gasteiger partial charge in [-0.2, -0.15) is 0 Å². The number of carbonyl (C=O) groups excluding carboxylic acids is 1. The molecule has 1 aromatic heterocycles. The molecule has 1 amide bonds. The highest BCUT2D eigenvalue weighted by atomic mass is 35.5. The molecule has 4 rings (SSSR count). The Labute approximate surface area is 169 Å². The Hall–Kier alpha value is -1.31. The number of rotatable bonds is 2. The van der Waals surface area contributed by atoms with Gasteiger partial charge in [0.2, 0.25) is 0 Å². The van der Waals surface area contributed by atoms with E-state index in [4.69, 9.17) is 16.3 Å². The van der Waals surface area contributed by atoms with Crippen LogP contribution in [-0.4, -0.2) is 53.1 Å². The summed E-state index contributed by atoms with van der Waals surface area (Å²) < 4.78 is 5.57. The second-order valence-electron chi connectivity index (χ2n) is 6.09. The molecule has 26 heavy (non-hydrogen) atoms. The van der Waals surface area contributed by atoms with E-state index in [1.165, 1.54) is 0 Å². The van der Waals surface area contributed by atoms with Gasteiger partial charge >= 0.3 is 0 Å². The highest BCUT2D eigenvalue weighted by molar-refractivity contribution is 6.30. The van der Waals surface area contributed by atoms with E-state index in [1.807, 2.05) is 29.2 Å². The molecule has 1 fully saturated rings. The number of carbonyl (C=O) groups is 1. The number of aromatic nitrogens is 2. The summed E-state index contributed by atoms with van der Waals surface area (Å²) in [4.78, 5) is 22.5. The predicted octanol–water partition coefficient (Wildman–Crippen LogP) is 2.45. The number of amides is 1. The molecule has 1 unspecified atom stereocenters. The minimum Gasteiger partial charge on any atom is -0.366 e. The van der Waals surface area contributed by atoms with Gasteiger partial charge in [0.1, 0.15) is 11.9 Å². The molecule has 0 spiro atoms. The van der Waals surface area contributed by atoms with E-state index < -0.39 is 0 Å². The number of morpholine rings is 1. The van der Waals surface area contributed by atoms with E-state index in [-0.39, 0.29) is 36.8 Å². The number of aromatic amines is 1. The van der Waals surface area contributed by atoms with Crippen LogP contribution in [-0.2, 0) is 22.5 Å². The van der Waals surface area contributed by atoms with E-state index in [0.717, 1.165) is 35.7 Å². The predicted molar refractivity (Wildman–Crippen MR) is 105 cm³/mol. The quantitative estimate of drug-likeness (QED) is 0.784. The van der Waals surface area contributed by atoms with Gasteiger partial charge in [0.25, 0.3) is 5.91 Å². The topological polar surface area (TPSA) is 70.2 Å². The number of ether oxygens (including phenoxy) is 1. The van der Waals surface area contributed by atoms with Gasteiger partial charge < -0.3 is 19.9 Å². The molecule has 3 heterocycles. The summed E-state index contributed by atoms with van der Waals surface area (Å²) in [6, 6.07) is 7.58. The minimum atomic E-state index is -0.376. The van der Waals surface area contributed by atoms with Crippen LogP contribution in [0.15, 0.2) is 24.3 Å². The van der Waals surface area contributed by atoms with E-state index >= 15 is 0 Å². The van der Waals surface area contributed by atoms with Crippen molar-refractivity contribution in [3.63, 3.8) is 0 Å². The Kier molecular flexibility index (Phi) is 7.32. The van der Waals surface area contributed by atoms with Crippen molar-refractivity contribution in [1.82, 2.24) is 20.2 Å². The standard InChI is InChI=1S/C17H19ClN4O2.2ClH/c18-12-3-1-11(2-4-12)16-20-13-5-7-22(10-14(13)21-16)17(23)15-9-19-6-8-24-15;;/h1-4,15,19H,5-10H2,(H,20,21);2*1H. The number of H-pyrrole nitrogens is 1. The van der Waals surface area contributed by atoms with Gasteiger partial charge in [-0.1, -0.05) is 11.6 Å². The van der Waals surface area contributed by atoms with Gasteiger partial charge in [0.15, 0.2) is 0 Å². The van der Waals surface area contributed by atoms with Crippen molar-refractivity contribution in [1.29, 1.82) is 0 Å². The molecule has 2 aliphatic rings. The maximum Gasteiger partial charge on any atom is 0.253 e. The largest absolute Gasteiger partial charge is 0.366 e. The first-order valence-corrected chi connectivity index (χ1v) is 8.53. The summed E-state index contributed by atoms with van der Waals surface area (Å²) >= 11 is 5.94. The number of imidazole rings is 1. The fraction of sp³-hybridized carbons (Fsp3) is 0.412. The van der Waals surface area contributed by atoms with Crippen molar-refractivity contribution in [2.24, 2.45) is 0 Å². The SMILES string of the molecule is Cl.Cl.O=C(C1CNCCO1)N1CCc2nc(-c3ccc(Cl)cc3)[nH]c2C1. The van der Waals surface area contributed by atoms with Crippen molar-refractivity contribution in [2.45, 2.75) is 19.1 Å². The Morgan fingerprint density at radius 1 is 1.27 bits per heavy atom. The summed E-state index contributed by atoms with van der Waals surface area (Å²) in [7, 11) is 0. The first kappa shape index (κ1) is 21.0. The zero-order valence-corrected chi connectivity index (χ0v) is 16.4. The number of nitrogens with zero attached hydrogens (tertiary/aromatic N) is 2. The molecule has 9 heteroatoms. The third-order valence-electron chi connectivity index (χ3n) is 4.46. The number of hydrogen-bond donors (Lipinski definition) is 2. The Balaban J connectivity index is 0.00000121. The molecule has 0 radical (unpaired) electrons. The molecular formula is C17H21Cl3N4O2. The lowest BCUT2D eigenvalue weighted by atomic mass is 10.1. The average molecular weight is 420 g/mol. The molecule has 2 aliphatic heterocycles. The smallest absolute Gasteiger partial charge is 0.253 e. The van der Waals surface area contributed by atoms with Crippen LogP contribution in [0.1, 0.15) is 11.4 Å². The Morgan fingerprint density at radius 3 is 2.73 bits per heavy atom. The van der Waals surface area contributed by atoms with Crippen LogP contribution in [0.4, 0.5) is 0 Å². The van der Waals surface area contributed by atoms with Crippen molar-refractivity contribution in [3.05, 3.63) is 40.7 Å². The second-order valence-corrected chi connectivity index (χ2v) is 6.53. The number of fused-ring (bicyclic) bond motifs is 1. The first-order valence-electron chi connectivity index (χ1n) is 8.15. The van der Waals surface area contributed by atoms with Crippen LogP contribution in [0.3, 0.4) is 0 Å². The highest BCUT2D eigenvalue weighted by Gasteiger charge is 2.30. The summed E-state index contributed by atoms with van der Waals surface area (Å²) in [5.74, 6) is 0.872. The molecule has 1 aromatic carbocycles. The number of hydrogen-bond acceptors (Lipinski definition) is 4. The van der Waals surface area contributed by atoms with Crippen molar-refractivity contribution in [2.75, 3.05) is 26.2 Å². The monoisotopic (exact) mass is 418 g/mol. The van der Waals surface area contributed by atoms with Crippen LogP contribution < -0.4 is 5.32 Å². The Morgan fingerprint density at radius 2 is 2.04 bits per heavy atom. The van der Waals surface area contributed by atoms with Crippen molar-refractivity contribution < 1.29 is 9.53 Å². The third kappa shape index (κ3) is 4.32. The maximum atomic E-state index is 12.6. The molecule has 1 saturated heterocycles. The maximum absolute atomic E-state index is 12.6. The molecule has 2 aromatic rings. The average Bonchev–Trinajstić information content (AvgIpc) is 3.05. The summed E-state index contributed by atoms with van der Waals surface area (Å²) in [6.07, 6.45) is 0.379. The van der Waals surface area contributed by atoms with Crippen LogP contribution in [0.25, 0.3) is 11.4 Å². The lowest BCUT2D eigenvalue weighted by molar-refractivity contribution is -0.146. The minimum absolute atomic E-state index is 0. The van der Waals surface area contributed by atoms with E-state index in [1.54, 1.807) is 0 Å². The highest BCUT2D eigenvalue weighted by Crippen LogP contribution is 2.24. The third-order valence-corrected chi connectivity index (χ3v) is 4.72. The van der Waals surface area contributed by atoms with Crippen molar-refractivity contribution >= 4 is 42.3 Å². The number of benzene rings is 1. The Bertz CT molecular complexity index is 745. The van der Waals surface area contributed by atoms with Crippen molar-refractivity contribution in [3.8, 4) is 11.4 Å². The first-order chi connectivity index (χ1) is 11.7. The lowest BCUT2D eigenvalue weighted by Crippen LogP contribution is -2.50. The lowest BCUT2D eigenvalue weighted by Gasteiger charge is -2.31. The second kappa shape index (κ2) is 9.06. The van der Waals surface area contributed by atoms with E-state index in [2.05, 4.69) is 15.3 Å². The molecule has 1 atom stereocenters. The fourth-order valence-electron chi connectivity index (χ4n) is 3.15. The van der Waals surface area contributed by atoms with Gasteiger partial charge in [-0.25, -0.2) is 4.98 Å². The zero-order chi connectivity index (χ0) is 16.5. The van der Waals surface area contributed by atoms with Gasteiger partial charge in [-0.05, 0) is 24.3 Å². The van der Waals surface area contributed by atoms with Gasteiger partial charge in [0.05, 0.1) is 24.5 Å². The van der Waals surface area contributed by atoms with Gasteiger partial charge in [-0.15, -0.1) is 24.8 Å². The molecule has 6 nitrogen and oxygen atoms in total. The number of nitrogens with one attached hydrogen (secondary N) is 2. The van der Waals surface area contributed by atoms with Crippen LogP contribution in [0.2, 0.25) is 5.02 Å². The van der Waals surface area contributed by atoms with Crippen LogP contribution >= 0.6 is 36.4 Å². The van der Waals surface area contributed by atoms with Gasteiger partial charge in [0, 0.05) is 36.6 Å².